The Hall–Kier alpha value is -2.82. The van der Waals surface area contributed by atoms with Gasteiger partial charge in [-0.05, 0) is 30.3 Å². The second-order valence-electron chi connectivity index (χ2n) is 7.11. The molecule has 1 N–H and O–H groups in total. The van der Waals surface area contributed by atoms with Gasteiger partial charge in [0, 0.05) is 50.4 Å². The second kappa shape index (κ2) is 9.13. The van der Waals surface area contributed by atoms with Gasteiger partial charge in [-0.2, -0.15) is 0 Å². The molecule has 8 nitrogen and oxygen atoms in total. The molecule has 1 saturated heterocycles. The summed E-state index contributed by atoms with van der Waals surface area (Å²) in [5.74, 6) is -0.785. The van der Waals surface area contributed by atoms with Gasteiger partial charge in [0.05, 0.1) is 15.1 Å². The van der Waals surface area contributed by atoms with Crippen LogP contribution in [0.1, 0.15) is 10.4 Å². The molecule has 2 aromatic carbocycles. The number of amides is 1. The van der Waals surface area contributed by atoms with E-state index in [4.69, 9.17) is 11.6 Å². The number of thiazole rings is 1. The van der Waals surface area contributed by atoms with Gasteiger partial charge in [0.15, 0.2) is 5.13 Å². The van der Waals surface area contributed by atoms with Crippen molar-refractivity contribution in [2.24, 2.45) is 0 Å². The third-order valence-corrected chi connectivity index (χ3v) is 6.41. The van der Waals surface area contributed by atoms with Gasteiger partial charge in [0.25, 0.3) is 11.6 Å². The molecule has 1 amide bonds. The number of hydrogen-bond acceptors (Lipinski definition) is 7. The van der Waals surface area contributed by atoms with Crippen LogP contribution in [0.15, 0.2) is 36.4 Å². The summed E-state index contributed by atoms with van der Waals surface area (Å²) in [6, 6.07) is 8.52. The van der Waals surface area contributed by atoms with Crippen LogP contribution in [0.2, 0.25) is 5.02 Å². The van der Waals surface area contributed by atoms with Crippen molar-refractivity contribution in [2.75, 3.05) is 44.2 Å². The highest BCUT2D eigenvalue weighted by atomic mass is 35.5. The van der Waals surface area contributed by atoms with Gasteiger partial charge >= 0.3 is 0 Å². The van der Waals surface area contributed by atoms with E-state index in [0.717, 1.165) is 41.5 Å². The monoisotopic (exact) mass is 463 g/mol. The number of hydrogen-bond donors (Lipinski definition) is 1. The van der Waals surface area contributed by atoms with Gasteiger partial charge in [0.2, 0.25) is 0 Å². The number of nitro groups is 1. The molecule has 3 aromatic rings. The number of nitrogens with zero attached hydrogens (tertiary/aromatic N) is 4. The van der Waals surface area contributed by atoms with E-state index in [2.05, 4.69) is 20.1 Å². The third-order valence-electron chi connectivity index (χ3n) is 5.10. The summed E-state index contributed by atoms with van der Waals surface area (Å²) in [6.07, 6.45) is 0. The molecule has 2 heterocycles. The Bertz CT molecular complexity index is 1130. The normalized spacial score (nSPS) is 14.7. The lowest BCUT2D eigenvalue weighted by Crippen LogP contribution is -2.48. The number of carbonyl (C=O) groups excluding carboxylic acids is 1. The Labute approximate surface area is 186 Å². The maximum atomic E-state index is 13.4. The average Bonchev–Trinajstić information content (AvgIpc) is 3.17. The van der Waals surface area contributed by atoms with E-state index < -0.39 is 10.8 Å². The zero-order chi connectivity index (χ0) is 22.0. The van der Waals surface area contributed by atoms with E-state index in [1.807, 2.05) is 0 Å². The minimum atomic E-state index is -0.596. The Balaban J connectivity index is 1.28. The molecule has 11 heteroatoms. The van der Waals surface area contributed by atoms with Crippen molar-refractivity contribution in [3.63, 3.8) is 0 Å². The molecule has 0 bridgehead atoms. The molecule has 0 unspecified atom stereocenters. The summed E-state index contributed by atoms with van der Waals surface area (Å²) in [4.78, 5) is 31.9. The lowest BCUT2D eigenvalue weighted by atomic mass is 10.1. The maximum Gasteiger partial charge on any atom is 0.282 e. The Morgan fingerprint density at radius 1 is 1.23 bits per heavy atom. The lowest BCUT2D eigenvalue weighted by molar-refractivity contribution is -0.385. The van der Waals surface area contributed by atoms with E-state index in [-0.39, 0.29) is 22.1 Å². The standard InChI is InChI=1S/C20H19ClFN5O3S/c21-13-1-4-17(27(29)30)15(11-13)19(28)23-5-6-25-7-9-26(10-8-25)20-24-16-3-2-14(22)12-18(16)31-20/h1-4,11-12H,5-10H2,(H,23,28). The van der Waals surface area contributed by atoms with Crippen LogP contribution in [0.5, 0.6) is 0 Å². The zero-order valence-corrected chi connectivity index (χ0v) is 18.0. The van der Waals surface area contributed by atoms with Crippen molar-refractivity contribution in [1.82, 2.24) is 15.2 Å². The molecule has 0 spiro atoms. The van der Waals surface area contributed by atoms with Crippen molar-refractivity contribution in [3.05, 3.63) is 62.9 Å². The van der Waals surface area contributed by atoms with Gasteiger partial charge in [-0.3, -0.25) is 19.8 Å². The Kier molecular flexibility index (Phi) is 6.30. The molecule has 1 fully saturated rings. The first-order chi connectivity index (χ1) is 14.9. The Morgan fingerprint density at radius 3 is 2.74 bits per heavy atom. The molecule has 1 aliphatic heterocycles. The quantitative estimate of drug-likeness (QED) is 0.444. The van der Waals surface area contributed by atoms with Crippen LogP contribution in [0.25, 0.3) is 10.2 Å². The summed E-state index contributed by atoms with van der Waals surface area (Å²) in [5, 5.41) is 15.0. The molecular weight excluding hydrogens is 445 g/mol. The largest absolute Gasteiger partial charge is 0.351 e. The SMILES string of the molecule is O=C(NCCN1CCN(c2nc3ccc(F)cc3s2)CC1)c1cc(Cl)ccc1[N+](=O)[O-]. The van der Waals surface area contributed by atoms with Crippen LogP contribution in [0.4, 0.5) is 15.2 Å². The third kappa shape index (κ3) is 4.92. The van der Waals surface area contributed by atoms with Gasteiger partial charge in [0.1, 0.15) is 11.4 Å². The van der Waals surface area contributed by atoms with Crippen molar-refractivity contribution >= 4 is 49.9 Å². The van der Waals surface area contributed by atoms with Crippen molar-refractivity contribution < 1.29 is 14.1 Å². The fourth-order valence-electron chi connectivity index (χ4n) is 3.46. The fraction of sp³-hybridized carbons (Fsp3) is 0.300. The first-order valence-electron chi connectivity index (χ1n) is 9.66. The number of halogens is 2. The number of carbonyl (C=O) groups is 1. The summed E-state index contributed by atoms with van der Waals surface area (Å²) >= 11 is 7.36. The molecule has 31 heavy (non-hydrogen) atoms. The molecule has 162 valence electrons. The predicted molar refractivity (Wildman–Crippen MR) is 119 cm³/mol. The first-order valence-corrected chi connectivity index (χ1v) is 10.9. The smallest absolute Gasteiger partial charge is 0.282 e. The van der Waals surface area contributed by atoms with Crippen LogP contribution in [-0.4, -0.2) is 60.0 Å². The van der Waals surface area contributed by atoms with Crippen LogP contribution >= 0.6 is 22.9 Å². The van der Waals surface area contributed by atoms with Crippen LogP contribution in [0, 0.1) is 15.9 Å². The van der Waals surface area contributed by atoms with Gasteiger partial charge in [-0.15, -0.1) is 0 Å². The van der Waals surface area contributed by atoms with Crippen LogP contribution in [-0.2, 0) is 0 Å². The molecular formula is C20H19ClFN5O3S. The first kappa shape index (κ1) is 21.4. The van der Waals surface area contributed by atoms with E-state index in [0.29, 0.717) is 13.1 Å². The Morgan fingerprint density at radius 2 is 2.00 bits per heavy atom. The molecule has 0 atom stereocenters. The summed E-state index contributed by atoms with van der Waals surface area (Å²) < 4.78 is 14.2. The summed E-state index contributed by atoms with van der Waals surface area (Å²) in [5.41, 5.74) is 0.475. The molecule has 4 rings (SSSR count). The highest BCUT2D eigenvalue weighted by Gasteiger charge is 2.22. The highest BCUT2D eigenvalue weighted by Crippen LogP contribution is 2.30. The number of aromatic nitrogens is 1. The lowest BCUT2D eigenvalue weighted by Gasteiger charge is -2.34. The molecule has 1 aliphatic rings. The molecule has 0 saturated carbocycles. The minimum absolute atomic E-state index is 0.0467. The highest BCUT2D eigenvalue weighted by molar-refractivity contribution is 7.22. The van der Waals surface area contributed by atoms with Crippen molar-refractivity contribution in [1.29, 1.82) is 0 Å². The second-order valence-corrected chi connectivity index (χ2v) is 8.56. The maximum absolute atomic E-state index is 13.4. The molecule has 1 aromatic heterocycles. The number of fused-ring (bicyclic) bond motifs is 1. The average molecular weight is 464 g/mol. The number of nitro benzene ring substituents is 1. The zero-order valence-electron chi connectivity index (χ0n) is 16.4. The predicted octanol–water partition coefficient (Wildman–Crippen LogP) is 3.55. The number of anilines is 1. The van der Waals surface area contributed by atoms with Crippen molar-refractivity contribution in [3.8, 4) is 0 Å². The number of nitrogens with one attached hydrogen (secondary N) is 1. The van der Waals surface area contributed by atoms with Crippen LogP contribution < -0.4 is 10.2 Å². The summed E-state index contributed by atoms with van der Waals surface area (Å²) in [6.45, 7) is 4.11. The van der Waals surface area contributed by atoms with Crippen molar-refractivity contribution in [2.45, 2.75) is 0 Å². The van der Waals surface area contributed by atoms with E-state index in [1.54, 1.807) is 6.07 Å². The summed E-state index contributed by atoms with van der Waals surface area (Å²) in [7, 11) is 0. The minimum Gasteiger partial charge on any atom is -0.351 e. The number of benzene rings is 2. The van der Waals surface area contributed by atoms with Gasteiger partial charge < -0.3 is 10.2 Å². The fourth-order valence-corrected chi connectivity index (χ4v) is 4.67. The van der Waals surface area contributed by atoms with E-state index in [9.17, 15) is 19.3 Å². The molecule has 0 radical (unpaired) electrons. The van der Waals surface area contributed by atoms with E-state index >= 15 is 0 Å². The number of rotatable bonds is 6. The van der Waals surface area contributed by atoms with E-state index in [1.165, 1.54) is 41.7 Å². The van der Waals surface area contributed by atoms with Gasteiger partial charge in [-0.1, -0.05) is 22.9 Å². The molecule has 0 aliphatic carbocycles. The topological polar surface area (TPSA) is 91.6 Å². The number of piperazine rings is 1. The van der Waals surface area contributed by atoms with Gasteiger partial charge in [-0.25, -0.2) is 9.37 Å². The van der Waals surface area contributed by atoms with Crippen LogP contribution in [0.3, 0.4) is 0 Å².